The van der Waals surface area contributed by atoms with Gasteiger partial charge >= 0.3 is 0 Å². The number of hydrogen-bond acceptors (Lipinski definition) is 7. The number of nitrogens with zero attached hydrogens (tertiary/aromatic N) is 6. The summed E-state index contributed by atoms with van der Waals surface area (Å²) in [5, 5.41) is 11.7. The molecule has 1 unspecified atom stereocenters. The van der Waals surface area contributed by atoms with Crippen LogP contribution in [0.25, 0.3) is 0 Å². The monoisotopic (exact) mass is 220 g/mol. The van der Waals surface area contributed by atoms with Crippen molar-refractivity contribution in [3.8, 4) is 0 Å². The third-order valence-corrected chi connectivity index (χ3v) is 2.04. The SMILES string of the molecule is Cn1nnc(CC(NN)c2ncccn2)n1. The molecule has 2 aromatic rings. The van der Waals surface area contributed by atoms with Crippen LogP contribution in [0.5, 0.6) is 0 Å². The van der Waals surface area contributed by atoms with E-state index in [-0.39, 0.29) is 6.04 Å². The lowest BCUT2D eigenvalue weighted by atomic mass is 10.2. The van der Waals surface area contributed by atoms with E-state index < -0.39 is 0 Å². The van der Waals surface area contributed by atoms with Gasteiger partial charge in [0.25, 0.3) is 0 Å². The molecule has 0 spiro atoms. The number of nitrogens with one attached hydrogen (secondary N) is 1. The van der Waals surface area contributed by atoms with Crippen LogP contribution >= 0.6 is 0 Å². The molecule has 0 aromatic carbocycles. The van der Waals surface area contributed by atoms with Crippen molar-refractivity contribution in [1.29, 1.82) is 0 Å². The molecule has 0 bridgehead atoms. The zero-order valence-corrected chi connectivity index (χ0v) is 8.78. The van der Waals surface area contributed by atoms with Gasteiger partial charge in [-0.3, -0.25) is 5.84 Å². The van der Waals surface area contributed by atoms with Gasteiger partial charge in [0.05, 0.1) is 13.1 Å². The highest BCUT2D eigenvalue weighted by Gasteiger charge is 2.15. The fourth-order valence-electron chi connectivity index (χ4n) is 1.30. The van der Waals surface area contributed by atoms with Gasteiger partial charge < -0.3 is 0 Å². The van der Waals surface area contributed by atoms with Gasteiger partial charge in [-0.1, -0.05) is 0 Å². The third-order valence-electron chi connectivity index (χ3n) is 2.04. The Morgan fingerprint density at radius 2 is 2.19 bits per heavy atom. The molecule has 0 fully saturated rings. The molecule has 2 aromatic heterocycles. The van der Waals surface area contributed by atoms with Gasteiger partial charge in [-0.05, 0) is 11.3 Å². The van der Waals surface area contributed by atoms with Crippen molar-refractivity contribution in [2.75, 3.05) is 0 Å². The number of hydrogen-bond donors (Lipinski definition) is 2. The van der Waals surface area contributed by atoms with Crippen molar-refractivity contribution in [3.63, 3.8) is 0 Å². The molecule has 2 heterocycles. The first-order chi connectivity index (χ1) is 7.79. The fraction of sp³-hybridized carbons (Fsp3) is 0.375. The molecule has 1 atom stereocenters. The summed E-state index contributed by atoms with van der Waals surface area (Å²) in [5.41, 5.74) is 2.63. The smallest absolute Gasteiger partial charge is 0.176 e. The lowest BCUT2D eigenvalue weighted by Gasteiger charge is -2.11. The Morgan fingerprint density at radius 1 is 1.44 bits per heavy atom. The summed E-state index contributed by atoms with van der Waals surface area (Å²) in [5.74, 6) is 6.65. The average molecular weight is 220 g/mol. The lowest BCUT2D eigenvalue weighted by molar-refractivity contribution is 0.509. The molecule has 0 aliphatic carbocycles. The zero-order valence-electron chi connectivity index (χ0n) is 8.78. The second kappa shape index (κ2) is 4.73. The van der Waals surface area contributed by atoms with E-state index in [2.05, 4.69) is 30.8 Å². The molecule has 0 aliphatic rings. The molecular formula is C8H12N8. The average Bonchev–Trinajstić information content (AvgIpc) is 2.73. The Bertz CT molecular complexity index is 438. The van der Waals surface area contributed by atoms with Crippen molar-refractivity contribution >= 4 is 0 Å². The van der Waals surface area contributed by atoms with Crippen molar-refractivity contribution in [3.05, 3.63) is 30.1 Å². The second-order valence-corrected chi connectivity index (χ2v) is 3.23. The Labute approximate surface area is 91.9 Å². The van der Waals surface area contributed by atoms with Crippen LogP contribution in [0.4, 0.5) is 0 Å². The summed E-state index contributed by atoms with van der Waals surface area (Å²) in [6, 6.07) is 1.53. The minimum atomic E-state index is -0.217. The first kappa shape index (κ1) is 10.6. The van der Waals surface area contributed by atoms with E-state index in [9.17, 15) is 0 Å². The molecule has 2 rings (SSSR count). The second-order valence-electron chi connectivity index (χ2n) is 3.23. The molecular weight excluding hydrogens is 208 g/mol. The first-order valence-corrected chi connectivity index (χ1v) is 4.75. The fourth-order valence-corrected chi connectivity index (χ4v) is 1.30. The highest BCUT2D eigenvalue weighted by Crippen LogP contribution is 2.09. The van der Waals surface area contributed by atoms with Gasteiger partial charge in [0.1, 0.15) is 5.82 Å². The Kier molecular flexibility index (Phi) is 3.13. The van der Waals surface area contributed by atoms with Crippen LogP contribution in [0.2, 0.25) is 0 Å². The predicted molar refractivity (Wildman–Crippen MR) is 54.6 cm³/mol. The number of nitrogens with two attached hydrogens (primary N) is 1. The van der Waals surface area contributed by atoms with Gasteiger partial charge in [0.15, 0.2) is 5.82 Å². The number of aromatic nitrogens is 6. The van der Waals surface area contributed by atoms with Gasteiger partial charge in [-0.2, -0.15) is 4.80 Å². The van der Waals surface area contributed by atoms with E-state index in [0.717, 1.165) is 0 Å². The van der Waals surface area contributed by atoms with Crippen LogP contribution < -0.4 is 11.3 Å². The Hall–Kier alpha value is -1.93. The summed E-state index contributed by atoms with van der Waals surface area (Å²) in [6.07, 6.45) is 3.82. The predicted octanol–water partition coefficient (Wildman–Crippen LogP) is -1.25. The molecule has 0 radical (unpaired) electrons. The summed E-state index contributed by atoms with van der Waals surface area (Å²) in [7, 11) is 1.71. The first-order valence-electron chi connectivity index (χ1n) is 4.75. The van der Waals surface area contributed by atoms with E-state index in [1.165, 1.54) is 4.80 Å². The van der Waals surface area contributed by atoms with Crippen molar-refractivity contribution in [1.82, 2.24) is 35.6 Å². The van der Waals surface area contributed by atoms with Gasteiger partial charge in [0, 0.05) is 18.8 Å². The summed E-state index contributed by atoms with van der Waals surface area (Å²) >= 11 is 0. The minimum absolute atomic E-state index is 0.217. The maximum atomic E-state index is 5.45. The number of rotatable bonds is 4. The van der Waals surface area contributed by atoms with Crippen LogP contribution in [0.15, 0.2) is 18.5 Å². The topological polar surface area (TPSA) is 107 Å². The lowest BCUT2D eigenvalue weighted by Crippen LogP contribution is -2.31. The number of aryl methyl sites for hydroxylation is 1. The largest absolute Gasteiger partial charge is 0.271 e. The van der Waals surface area contributed by atoms with E-state index in [1.807, 2.05) is 0 Å². The van der Waals surface area contributed by atoms with Crippen LogP contribution in [-0.4, -0.2) is 30.2 Å². The Balaban J connectivity index is 2.12. The third kappa shape index (κ3) is 2.35. The zero-order chi connectivity index (χ0) is 11.4. The van der Waals surface area contributed by atoms with E-state index in [4.69, 9.17) is 5.84 Å². The van der Waals surface area contributed by atoms with Gasteiger partial charge in [-0.15, -0.1) is 10.2 Å². The van der Waals surface area contributed by atoms with Gasteiger partial charge in [-0.25, -0.2) is 15.4 Å². The standard InChI is InChI=1S/C8H12N8/c1-16-14-7(13-15-16)5-6(12-9)8-10-3-2-4-11-8/h2-4,6,12H,5,9H2,1H3. The molecule has 84 valence electrons. The maximum Gasteiger partial charge on any atom is 0.176 e. The highest BCUT2D eigenvalue weighted by molar-refractivity contribution is 4.99. The Morgan fingerprint density at radius 3 is 2.75 bits per heavy atom. The van der Waals surface area contributed by atoms with Crippen LogP contribution in [0.3, 0.4) is 0 Å². The van der Waals surface area contributed by atoms with Gasteiger partial charge in [0.2, 0.25) is 0 Å². The summed E-state index contributed by atoms with van der Waals surface area (Å²) < 4.78 is 0. The van der Waals surface area contributed by atoms with E-state index in [1.54, 1.807) is 25.5 Å². The van der Waals surface area contributed by atoms with Crippen LogP contribution in [0, 0.1) is 0 Å². The van der Waals surface area contributed by atoms with E-state index in [0.29, 0.717) is 18.1 Å². The van der Waals surface area contributed by atoms with Crippen LogP contribution in [0.1, 0.15) is 17.7 Å². The molecule has 0 saturated carbocycles. The number of hydrazine groups is 1. The molecule has 0 saturated heterocycles. The highest BCUT2D eigenvalue weighted by atomic mass is 15.6. The quantitative estimate of drug-likeness (QED) is 0.489. The van der Waals surface area contributed by atoms with Crippen LogP contribution in [-0.2, 0) is 13.5 Å². The maximum absolute atomic E-state index is 5.45. The normalized spacial score (nSPS) is 12.6. The van der Waals surface area contributed by atoms with Crippen molar-refractivity contribution < 1.29 is 0 Å². The summed E-state index contributed by atoms with van der Waals surface area (Å²) in [4.78, 5) is 9.63. The number of tetrazole rings is 1. The molecule has 0 amide bonds. The van der Waals surface area contributed by atoms with Crippen molar-refractivity contribution in [2.24, 2.45) is 12.9 Å². The van der Waals surface area contributed by atoms with E-state index >= 15 is 0 Å². The minimum Gasteiger partial charge on any atom is -0.271 e. The van der Waals surface area contributed by atoms with Crippen molar-refractivity contribution in [2.45, 2.75) is 12.5 Å². The summed E-state index contributed by atoms with van der Waals surface area (Å²) in [6.45, 7) is 0. The molecule has 8 nitrogen and oxygen atoms in total. The molecule has 0 aliphatic heterocycles. The molecule has 16 heavy (non-hydrogen) atoms. The molecule has 8 heteroatoms. The molecule has 3 N–H and O–H groups in total.